The van der Waals surface area contributed by atoms with E-state index in [1.165, 1.54) is 35.1 Å². The van der Waals surface area contributed by atoms with Crippen LogP contribution in [0.5, 0.6) is 0 Å². The Kier molecular flexibility index (Phi) is 5.28. The van der Waals surface area contributed by atoms with Crippen molar-refractivity contribution in [2.45, 2.75) is 79.1 Å². The van der Waals surface area contributed by atoms with Crippen LogP contribution in [-0.2, 0) is 10.8 Å². The summed E-state index contributed by atoms with van der Waals surface area (Å²) in [5.74, 6) is 0. The van der Waals surface area contributed by atoms with Gasteiger partial charge < -0.3 is 0 Å². The number of aryl methyl sites for hydroxylation is 1. The molecule has 0 radical (unpaired) electrons. The Bertz CT molecular complexity index is 706. The molecule has 24 heavy (non-hydrogen) atoms. The van der Waals surface area contributed by atoms with E-state index >= 15 is 0 Å². The second-order valence-corrected chi connectivity index (χ2v) is 8.72. The van der Waals surface area contributed by atoms with Crippen molar-refractivity contribution in [2.24, 2.45) is 0 Å². The molecule has 1 aliphatic rings. The molecule has 1 aromatic rings. The predicted molar refractivity (Wildman–Crippen MR) is 109 cm³/mol. The van der Waals surface area contributed by atoms with Gasteiger partial charge in [-0.05, 0) is 79.2 Å². The number of benzene rings is 1. The van der Waals surface area contributed by atoms with Gasteiger partial charge in [-0.25, -0.2) is 0 Å². The lowest BCUT2D eigenvalue weighted by Gasteiger charge is -2.42. The molecule has 0 unspecified atom stereocenters. The zero-order valence-corrected chi connectivity index (χ0v) is 16.9. The lowest BCUT2D eigenvalue weighted by Crippen LogP contribution is -2.34. The molecule has 0 spiro atoms. The monoisotopic (exact) mass is 322 g/mol. The minimum atomic E-state index is 0.269. The first kappa shape index (κ1) is 18.8. The average Bonchev–Trinajstić information content (AvgIpc) is 2.51. The third kappa shape index (κ3) is 3.74. The van der Waals surface area contributed by atoms with Crippen LogP contribution in [0, 0.1) is 6.92 Å². The van der Waals surface area contributed by atoms with Crippen LogP contribution >= 0.6 is 0 Å². The SMILES string of the molecule is C/C=C(C)/C=C/C=C(/C)c1cc2c(cc1C)C(C)(C)CCC2(C)C. The van der Waals surface area contributed by atoms with Crippen LogP contribution in [0.2, 0.25) is 0 Å². The van der Waals surface area contributed by atoms with Crippen molar-refractivity contribution in [3.05, 3.63) is 64.3 Å². The fourth-order valence-electron chi connectivity index (χ4n) is 3.68. The Morgan fingerprint density at radius 2 is 1.50 bits per heavy atom. The molecular weight excluding hydrogens is 288 g/mol. The molecule has 0 nitrogen and oxygen atoms in total. The van der Waals surface area contributed by atoms with Crippen LogP contribution in [0.1, 0.15) is 83.6 Å². The largest absolute Gasteiger partial charge is 0.0847 e. The summed E-state index contributed by atoms with van der Waals surface area (Å²) in [5, 5.41) is 0. The van der Waals surface area contributed by atoms with Crippen molar-refractivity contribution in [1.82, 2.24) is 0 Å². The van der Waals surface area contributed by atoms with E-state index in [1.54, 1.807) is 11.1 Å². The third-order valence-corrected chi connectivity index (χ3v) is 5.78. The molecule has 0 saturated heterocycles. The first-order chi connectivity index (χ1) is 11.1. The molecule has 0 fully saturated rings. The molecule has 1 aromatic carbocycles. The van der Waals surface area contributed by atoms with Gasteiger partial charge in [-0.1, -0.05) is 69.7 Å². The third-order valence-electron chi connectivity index (χ3n) is 5.78. The Labute approximate surface area is 149 Å². The van der Waals surface area contributed by atoms with E-state index in [9.17, 15) is 0 Å². The summed E-state index contributed by atoms with van der Waals surface area (Å²) in [6, 6.07) is 4.91. The summed E-state index contributed by atoms with van der Waals surface area (Å²) >= 11 is 0. The highest BCUT2D eigenvalue weighted by molar-refractivity contribution is 5.70. The van der Waals surface area contributed by atoms with Gasteiger partial charge in [0.1, 0.15) is 0 Å². The van der Waals surface area contributed by atoms with E-state index in [0.717, 1.165) is 0 Å². The fraction of sp³-hybridized carbons (Fsp3) is 0.500. The van der Waals surface area contributed by atoms with Gasteiger partial charge in [-0.15, -0.1) is 0 Å². The summed E-state index contributed by atoms with van der Waals surface area (Å²) in [7, 11) is 0. The minimum absolute atomic E-state index is 0.269. The number of allylic oxidation sites excluding steroid dienone is 6. The Morgan fingerprint density at radius 3 is 2.04 bits per heavy atom. The first-order valence-electron chi connectivity index (χ1n) is 9.22. The molecule has 0 aliphatic heterocycles. The lowest BCUT2D eigenvalue weighted by atomic mass is 9.62. The van der Waals surface area contributed by atoms with E-state index < -0.39 is 0 Å². The van der Waals surface area contributed by atoms with Crippen molar-refractivity contribution in [1.29, 1.82) is 0 Å². The van der Waals surface area contributed by atoms with Crippen molar-refractivity contribution in [3.63, 3.8) is 0 Å². The number of hydrogen-bond donors (Lipinski definition) is 0. The first-order valence-corrected chi connectivity index (χ1v) is 9.22. The zero-order chi connectivity index (χ0) is 18.1. The van der Waals surface area contributed by atoms with Gasteiger partial charge in [0.15, 0.2) is 0 Å². The standard InChI is InChI=1S/C24H34/c1-9-17(2)11-10-12-18(3)20-16-22-21(15-19(20)4)23(5,6)13-14-24(22,7)8/h9-12,15-16H,13-14H2,1-8H3/b11-10+,17-9+,18-12-. The zero-order valence-electron chi connectivity index (χ0n) is 16.9. The number of rotatable bonds is 3. The minimum Gasteiger partial charge on any atom is -0.0847 e. The summed E-state index contributed by atoms with van der Waals surface area (Å²) in [4.78, 5) is 0. The van der Waals surface area contributed by atoms with Gasteiger partial charge in [-0.2, -0.15) is 0 Å². The molecule has 0 bridgehead atoms. The lowest BCUT2D eigenvalue weighted by molar-refractivity contribution is 0.331. The second kappa shape index (κ2) is 6.75. The van der Waals surface area contributed by atoms with Gasteiger partial charge in [0, 0.05) is 0 Å². The van der Waals surface area contributed by atoms with Crippen molar-refractivity contribution in [3.8, 4) is 0 Å². The number of fused-ring (bicyclic) bond motifs is 1. The summed E-state index contributed by atoms with van der Waals surface area (Å²) in [6.07, 6.45) is 11.2. The fourth-order valence-corrected chi connectivity index (χ4v) is 3.68. The Balaban J connectivity index is 2.51. The van der Waals surface area contributed by atoms with Gasteiger partial charge in [-0.3, -0.25) is 0 Å². The van der Waals surface area contributed by atoms with Crippen molar-refractivity contribution >= 4 is 5.57 Å². The quantitative estimate of drug-likeness (QED) is 0.513. The van der Waals surface area contributed by atoms with Crippen LogP contribution in [-0.4, -0.2) is 0 Å². The maximum Gasteiger partial charge on any atom is -0.0100 e. The molecule has 0 heterocycles. The summed E-state index contributed by atoms with van der Waals surface area (Å²) in [6.45, 7) is 18.3. The Hall–Kier alpha value is -1.56. The molecule has 0 heteroatoms. The van der Waals surface area contributed by atoms with Crippen LogP contribution in [0.3, 0.4) is 0 Å². The summed E-state index contributed by atoms with van der Waals surface area (Å²) < 4.78 is 0. The van der Waals surface area contributed by atoms with Gasteiger partial charge in [0.05, 0.1) is 0 Å². The predicted octanol–water partition coefficient (Wildman–Crippen LogP) is 7.27. The van der Waals surface area contributed by atoms with Crippen LogP contribution in [0.4, 0.5) is 0 Å². The molecule has 1 aliphatic carbocycles. The smallest absolute Gasteiger partial charge is 0.0100 e. The maximum atomic E-state index is 2.47. The van der Waals surface area contributed by atoms with Gasteiger partial charge in [0.25, 0.3) is 0 Å². The van der Waals surface area contributed by atoms with E-state index in [2.05, 4.69) is 91.8 Å². The molecule has 0 atom stereocenters. The topological polar surface area (TPSA) is 0 Å². The molecule has 0 aromatic heterocycles. The average molecular weight is 323 g/mol. The highest BCUT2D eigenvalue weighted by Crippen LogP contribution is 2.47. The molecule has 130 valence electrons. The normalized spacial score (nSPS) is 20.3. The van der Waals surface area contributed by atoms with Crippen molar-refractivity contribution in [2.75, 3.05) is 0 Å². The van der Waals surface area contributed by atoms with Gasteiger partial charge in [0.2, 0.25) is 0 Å². The Morgan fingerprint density at radius 1 is 0.958 bits per heavy atom. The van der Waals surface area contributed by atoms with E-state index in [-0.39, 0.29) is 10.8 Å². The molecule has 0 saturated carbocycles. The van der Waals surface area contributed by atoms with Crippen LogP contribution in [0.25, 0.3) is 5.57 Å². The van der Waals surface area contributed by atoms with Crippen LogP contribution in [0.15, 0.2) is 42.0 Å². The molecule has 0 N–H and O–H groups in total. The van der Waals surface area contributed by atoms with Gasteiger partial charge >= 0.3 is 0 Å². The highest BCUT2D eigenvalue weighted by Gasteiger charge is 2.37. The van der Waals surface area contributed by atoms with Crippen molar-refractivity contribution < 1.29 is 0 Å². The van der Waals surface area contributed by atoms with Crippen LogP contribution < -0.4 is 0 Å². The highest BCUT2D eigenvalue weighted by atomic mass is 14.4. The van der Waals surface area contributed by atoms with E-state index in [0.29, 0.717) is 0 Å². The molecule has 2 rings (SSSR count). The molecular formula is C24H34. The molecule has 0 amide bonds. The maximum absolute atomic E-state index is 2.47. The summed E-state index contributed by atoms with van der Waals surface area (Å²) in [5.41, 5.74) is 9.07. The second-order valence-electron chi connectivity index (χ2n) is 8.72. The van der Waals surface area contributed by atoms with E-state index in [1.807, 2.05) is 0 Å². The number of hydrogen-bond acceptors (Lipinski definition) is 0. The van der Waals surface area contributed by atoms with E-state index in [4.69, 9.17) is 0 Å².